The minimum absolute atomic E-state index is 0.106. The van der Waals surface area contributed by atoms with Crippen molar-refractivity contribution >= 4 is 21.8 Å². The Balaban J connectivity index is 1.60. The van der Waals surface area contributed by atoms with Crippen molar-refractivity contribution in [3.8, 4) is 11.5 Å². The van der Waals surface area contributed by atoms with Crippen LogP contribution >= 0.6 is 15.9 Å². The molecule has 1 N–H and O–H groups in total. The summed E-state index contributed by atoms with van der Waals surface area (Å²) in [5.74, 6) is 1.79. The van der Waals surface area contributed by atoms with Gasteiger partial charge in [0, 0.05) is 28.5 Å². The molecule has 2 aromatic rings. The van der Waals surface area contributed by atoms with Crippen molar-refractivity contribution in [2.24, 2.45) is 5.92 Å². The summed E-state index contributed by atoms with van der Waals surface area (Å²) in [6.07, 6.45) is 1.86. The molecule has 1 amide bonds. The minimum atomic E-state index is 0.106. The Morgan fingerprint density at radius 2 is 1.89 bits per heavy atom. The molecule has 0 atom stereocenters. The fourth-order valence-corrected chi connectivity index (χ4v) is 3.73. The topological polar surface area (TPSA) is 41.6 Å². The van der Waals surface area contributed by atoms with Crippen LogP contribution in [0, 0.1) is 5.92 Å². The fraction of sp³-hybridized carbons (Fsp3) is 0.409. The number of amides is 1. The van der Waals surface area contributed by atoms with Gasteiger partial charge in [-0.3, -0.25) is 4.79 Å². The quantitative estimate of drug-likeness (QED) is 0.702. The maximum atomic E-state index is 12.6. The summed E-state index contributed by atoms with van der Waals surface area (Å²) in [6, 6.07) is 16.1. The third-order valence-electron chi connectivity index (χ3n) is 5.08. The lowest BCUT2D eigenvalue weighted by atomic mass is 9.95. The van der Waals surface area contributed by atoms with Gasteiger partial charge in [0.2, 0.25) is 5.91 Å². The van der Waals surface area contributed by atoms with Crippen molar-refractivity contribution in [3.63, 3.8) is 0 Å². The molecule has 5 heteroatoms. The first-order valence-electron chi connectivity index (χ1n) is 9.56. The van der Waals surface area contributed by atoms with E-state index in [0.717, 1.165) is 47.5 Å². The molecule has 0 bridgehead atoms. The van der Waals surface area contributed by atoms with E-state index < -0.39 is 0 Å². The second-order valence-corrected chi connectivity index (χ2v) is 8.20. The zero-order chi connectivity index (χ0) is 19.2. The van der Waals surface area contributed by atoms with Gasteiger partial charge in [0.1, 0.15) is 11.5 Å². The largest absolute Gasteiger partial charge is 0.457 e. The van der Waals surface area contributed by atoms with Gasteiger partial charge in [-0.05, 0) is 64.0 Å². The monoisotopic (exact) mass is 430 g/mol. The first kappa shape index (κ1) is 19.9. The molecule has 1 aliphatic rings. The highest BCUT2D eigenvalue weighted by molar-refractivity contribution is 9.10. The number of halogens is 1. The Morgan fingerprint density at radius 1 is 1.19 bits per heavy atom. The number of para-hydroxylation sites is 1. The maximum absolute atomic E-state index is 12.6. The van der Waals surface area contributed by atoms with Crippen LogP contribution in [0.4, 0.5) is 0 Å². The number of nitrogens with zero attached hydrogens (tertiary/aromatic N) is 1. The predicted molar refractivity (Wildman–Crippen MR) is 112 cm³/mol. The van der Waals surface area contributed by atoms with Crippen LogP contribution in [0.15, 0.2) is 53.0 Å². The number of rotatable bonds is 6. The lowest BCUT2D eigenvalue weighted by molar-refractivity contribution is -0.126. The molecule has 0 unspecified atom stereocenters. The van der Waals surface area contributed by atoms with Crippen molar-refractivity contribution in [1.82, 2.24) is 10.2 Å². The van der Waals surface area contributed by atoms with E-state index >= 15 is 0 Å². The number of carbonyl (C=O) groups is 1. The molecule has 0 aliphatic carbocycles. The standard InChI is InChI=1S/C22H27BrN2O2/c1-16(2)25-12-10-17(11-13-25)22(26)24-15-18-8-9-19(23)14-21(18)27-20-6-4-3-5-7-20/h3-9,14,16-17H,10-13,15H2,1-2H3,(H,24,26). The molecule has 0 radical (unpaired) electrons. The molecule has 1 saturated heterocycles. The molecule has 4 nitrogen and oxygen atoms in total. The van der Waals surface area contributed by atoms with Gasteiger partial charge in [-0.25, -0.2) is 0 Å². The molecule has 1 fully saturated rings. The molecule has 3 rings (SSSR count). The van der Waals surface area contributed by atoms with Crippen LogP contribution in [-0.4, -0.2) is 29.9 Å². The zero-order valence-electron chi connectivity index (χ0n) is 16.0. The highest BCUT2D eigenvalue weighted by Gasteiger charge is 2.25. The summed E-state index contributed by atoms with van der Waals surface area (Å²) >= 11 is 3.50. The lowest BCUT2D eigenvalue weighted by Crippen LogP contribution is -2.42. The minimum Gasteiger partial charge on any atom is -0.457 e. The van der Waals surface area contributed by atoms with Gasteiger partial charge in [-0.15, -0.1) is 0 Å². The van der Waals surface area contributed by atoms with Crippen LogP contribution in [0.1, 0.15) is 32.3 Å². The number of nitrogens with one attached hydrogen (secondary N) is 1. The normalized spacial score (nSPS) is 15.7. The van der Waals surface area contributed by atoms with Crippen LogP contribution in [-0.2, 0) is 11.3 Å². The van der Waals surface area contributed by atoms with Gasteiger partial charge in [0.25, 0.3) is 0 Å². The predicted octanol–water partition coefficient (Wildman–Crippen LogP) is 4.98. The van der Waals surface area contributed by atoms with E-state index in [-0.39, 0.29) is 11.8 Å². The molecular formula is C22H27BrN2O2. The number of hydrogen-bond donors (Lipinski definition) is 1. The molecule has 27 heavy (non-hydrogen) atoms. The van der Waals surface area contributed by atoms with E-state index in [2.05, 4.69) is 40.0 Å². The van der Waals surface area contributed by atoms with Crippen LogP contribution in [0.2, 0.25) is 0 Å². The molecule has 1 heterocycles. The summed E-state index contributed by atoms with van der Waals surface area (Å²) in [4.78, 5) is 15.0. The van der Waals surface area contributed by atoms with Gasteiger partial charge in [-0.2, -0.15) is 0 Å². The Bertz CT molecular complexity index is 756. The first-order chi connectivity index (χ1) is 13.0. The average Bonchev–Trinajstić information content (AvgIpc) is 2.68. The highest BCUT2D eigenvalue weighted by atomic mass is 79.9. The number of benzene rings is 2. The second-order valence-electron chi connectivity index (χ2n) is 7.29. The molecule has 0 saturated carbocycles. The summed E-state index contributed by atoms with van der Waals surface area (Å²) < 4.78 is 6.97. The molecule has 1 aliphatic heterocycles. The van der Waals surface area contributed by atoms with Crippen LogP contribution in [0.3, 0.4) is 0 Å². The van der Waals surface area contributed by atoms with Gasteiger partial charge >= 0.3 is 0 Å². The molecular weight excluding hydrogens is 404 g/mol. The van der Waals surface area contributed by atoms with Gasteiger partial charge in [-0.1, -0.05) is 40.2 Å². The molecule has 0 aromatic heterocycles. The van der Waals surface area contributed by atoms with E-state index in [0.29, 0.717) is 12.6 Å². The van der Waals surface area contributed by atoms with Crippen LogP contribution in [0.5, 0.6) is 11.5 Å². The summed E-state index contributed by atoms with van der Waals surface area (Å²) in [5.41, 5.74) is 0.968. The van der Waals surface area contributed by atoms with Crippen molar-refractivity contribution in [2.75, 3.05) is 13.1 Å². The van der Waals surface area contributed by atoms with Crippen molar-refractivity contribution in [1.29, 1.82) is 0 Å². The van der Waals surface area contributed by atoms with Crippen molar-refractivity contribution in [3.05, 3.63) is 58.6 Å². The van der Waals surface area contributed by atoms with Gasteiger partial charge in [0.15, 0.2) is 0 Å². The number of hydrogen-bond acceptors (Lipinski definition) is 3. The van der Waals surface area contributed by atoms with Crippen LogP contribution in [0.25, 0.3) is 0 Å². The number of likely N-dealkylation sites (tertiary alicyclic amines) is 1. The average molecular weight is 431 g/mol. The lowest BCUT2D eigenvalue weighted by Gasteiger charge is -2.34. The first-order valence-corrected chi connectivity index (χ1v) is 10.4. The Labute approximate surface area is 170 Å². The second kappa shape index (κ2) is 9.38. The van der Waals surface area contributed by atoms with Gasteiger partial charge in [0.05, 0.1) is 0 Å². The maximum Gasteiger partial charge on any atom is 0.223 e. The van der Waals surface area contributed by atoms with E-state index in [1.807, 2.05) is 48.5 Å². The fourth-order valence-electron chi connectivity index (χ4n) is 3.39. The SMILES string of the molecule is CC(C)N1CCC(C(=O)NCc2ccc(Br)cc2Oc2ccccc2)CC1. The Morgan fingerprint density at radius 3 is 2.56 bits per heavy atom. The smallest absolute Gasteiger partial charge is 0.223 e. The van der Waals surface area contributed by atoms with Crippen molar-refractivity contribution in [2.45, 2.75) is 39.3 Å². The summed E-state index contributed by atoms with van der Waals surface area (Å²) in [6.45, 7) is 6.88. The van der Waals surface area contributed by atoms with Gasteiger partial charge < -0.3 is 15.0 Å². The molecule has 2 aromatic carbocycles. The van der Waals surface area contributed by atoms with E-state index in [1.165, 1.54) is 0 Å². The van der Waals surface area contributed by atoms with Crippen LogP contribution < -0.4 is 10.1 Å². The molecule has 144 valence electrons. The van der Waals surface area contributed by atoms with E-state index in [1.54, 1.807) is 0 Å². The summed E-state index contributed by atoms with van der Waals surface area (Å²) in [5, 5.41) is 3.11. The number of carbonyl (C=O) groups excluding carboxylic acids is 1. The highest BCUT2D eigenvalue weighted by Crippen LogP contribution is 2.29. The van der Waals surface area contributed by atoms with E-state index in [9.17, 15) is 4.79 Å². The number of ether oxygens (including phenoxy) is 1. The third kappa shape index (κ3) is 5.56. The Hall–Kier alpha value is -1.85. The van der Waals surface area contributed by atoms with E-state index in [4.69, 9.17) is 4.74 Å². The number of piperidine rings is 1. The third-order valence-corrected chi connectivity index (χ3v) is 5.58. The summed E-state index contributed by atoms with van der Waals surface area (Å²) in [7, 11) is 0. The Kier molecular flexibility index (Phi) is 6.91. The zero-order valence-corrected chi connectivity index (χ0v) is 17.5. The van der Waals surface area contributed by atoms with Crippen molar-refractivity contribution < 1.29 is 9.53 Å². The molecule has 0 spiro atoms.